The molecule has 0 atom stereocenters. The van der Waals surface area contributed by atoms with Gasteiger partial charge < -0.3 is 9.47 Å². The van der Waals surface area contributed by atoms with Crippen molar-refractivity contribution >= 4 is 22.4 Å². The number of methoxy groups -OCH3 is 2. The molecular formula is C22H21F2N3O3S. The number of halogens is 2. The number of hydrogen-bond donors (Lipinski definition) is 1. The van der Waals surface area contributed by atoms with Crippen LogP contribution in [0.5, 0.6) is 11.5 Å². The molecule has 1 aromatic heterocycles. The van der Waals surface area contributed by atoms with E-state index in [1.54, 1.807) is 14.2 Å². The van der Waals surface area contributed by atoms with Crippen LogP contribution in [0, 0.1) is 11.6 Å². The van der Waals surface area contributed by atoms with Crippen molar-refractivity contribution in [2.45, 2.75) is 19.5 Å². The Kier molecular flexibility index (Phi) is 6.15. The quantitative estimate of drug-likeness (QED) is 0.615. The summed E-state index contributed by atoms with van der Waals surface area (Å²) >= 11 is 1.26. The number of fused-ring (bicyclic) bond motifs is 1. The number of rotatable bonds is 6. The summed E-state index contributed by atoms with van der Waals surface area (Å²) in [6.07, 6.45) is 0.882. The van der Waals surface area contributed by atoms with Gasteiger partial charge in [-0.05, 0) is 41.8 Å². The topological polar surface area (TPSA) is 63.7 Å². The van der Waals surface area contributed by atoms with Crippen LogP contribution in [-0.2, 0) is 19.5 Å². The van der Waals surface area contributed by atoms with Crippen LogP contribution in [0.25, 0.3) is 0 Å². The zero-order chi connectivity index (χ0) is 22.0. The fraction of sp³-hybridized carbons (Fsp3) is 0.273. The van der Waals surface area contributed by atoms with Gasteiger partial charge in [0, 0.05) is 31.1 Å². The van der Waals surface area contributed by atoms with E-state index < -0.39 is 17.5 Å². The van der Waals surface area contributed by atoms with Gasteiger partial charge >= 0.3 is 0 Å². The average Bonchev–Trinajstić information content (AvgIpc) is 3.19. The maximum absolute atomic E-state index is 13.8. The number of benzene rings is 2. The van der Waals surface area contributed by atoms with Gasteiger partial charge in [-0.15, -0.1) is 11.3 Å². The van der Waals surface area contributed by atoms with Gasteiger partial charge in [-0.2, -0.15) is 0 Å². The van der Waals surface area contributed by atoms with Crippen molar-refractivity contribution in [1.29, 1.82) is 0 Å². The Morgan fingerprint density at radius 1 is 1.16 bits per heavy atom. The first-order chi connectivity index (χ1) is 15.0. The van der Waals surface area contributed by atoms with Crippen LogP contribution in [0.1, 0.15) is 27.2 Å². The van der Waals surface area contributed by atoms with Gasteiger partial charge in [0.25, 0.3) is 5.91 Å². The van der Waals surface area contributed by atoms with Crippen LogP contribution < -0.4 is 14.8 Å². The molecule has 0 radical (unpaired) electrons. The summed E-state index contributed by atoms with van der Waals surface area (Å²) in [5.41, 5.74) is 3.00. The molecule has 6 nitrogen and oxygen atoms in total. The van der Waals surface area contributed by atoms with Gasteiger partial charge in [0.1, 0.15) is 11.6 Å². The molecular weight excluding hydrogens is 424 g/mol. The van der Waals surface area contributed by atoms with E-state index in [1.165, 1.54) is 22.5 Å². The number of aromatic nitrogens is 1. The van der Waals surface area contributed by atoms with Gasteiger partial charge in [-0.25, -0.2) is 13.8 Å². The van der Waals surface area contributed by atoms with Crippen molar-refractivity contribution < 1.29 is 23.0 Å². The van der Waals surface area contributed by atoms with E-state index in [0.29, 0.717) is 23.5 Å². The van der Waals surface area contributed by atoms with Crippen LogP contribution in [0.2, 0.25) is 0 Å². The fourth-order valence-electron chi connectivity index (χ4n) is 3.58. The molecule has 1 N–H and O–H groups in total. The zero-order valence-corrected chi connectivity index (χ0v) is 17.9. The van der Waals surface area contributed by atoms with Gasteiger partial charge in [-0.3, -0.25) is 15.0 Å². The molecule has 2 heterocycles. The van der Waals surface area contributed by atoms with Crippen LogP contribution in [0.4, 0.5) is 13.9 Å². The van der Waals surface area contributed by atoms with Crippen molar-refractivity contribution in [2.75, 3.05) is 26.1 Å². The van der Waals surface area contributed by atoms with E-state index in [4.69, 9.17) is 9.47 Å². The molecule has 0 bridgehead atoms. The van der Waals surface area contributed by atoms with Gasteiger partial charge in [0.05, 0.1) is 25.5 Å². The van der Waals surface area contributed by atoms with Crippen molar-refractivity contribution in [3.8, 4) is 11.5 Å². The Hall–Kier alpha value is -3.04. The summed E-state index contributed by atoms with van der Waals surface area (Å²) in [7, 11) is 3.25. The first-order valence-electron chi connectivity index (χ1n) is 9.63. The monoisotopic (exact) mass is 445 g/mol. The van der Waals surface area contributed by atoms with Crippen molar-refractivity contribution in [2.24, 2.45) is 0 Å². The standard InChI is InChI=1S/C22H21F2N3O3S/c1-29-19-7-13-5-6-27(10-14(13)8-20(19)30-2)11-16-12-31-22(25-16)26-21(28)17-4-3-15(23)9-18(17)24/h3-4,7-9,12H,5-6,10-11H2,1-2H3,(H,25,26,28). The Balaban J connectivity index is 1.41. The number of carbonyl (C=O) groups excluding carboxylic acids is 1. The first-order valence-corrected chi connectivity index (χ1v) is 10.5. The molecule has 2 aromatic carbocycles. The Labute approximate surface area is 182 Å². The molecule has 1 amide bonds. The number of nitrogens with zero attached hydrogens (tertiary/aromatic N) is 2. The molecule has 0 unspecified atom stereocenters. The predicted molar refractivity (Wildman–Crippen MR) is 114 cm³/mol. The van der Waals surface area contributed by atoms with E-state index in [0.717, 1.165) is 43.1 Å². The molecule has 0 saturated heterocycles. The van der Waals surface area contributed by atoms with E-state index in [2.05, 4.69) is 15.2 Å². The molecule has 31 heavy (non-hydrogen) atoms. The SMILES string of the molecule is COc1cc2c(cc1OC)CN(Cc1csc(NC(=O)c3ccc(F)cc3F)n1)CC2. The molecule has 0 saturated carbocycles. The minimum Gasteiger partial charge on any atom is -0.493 e. The van der Waals surface area contributed by atoms with Crippen molar-refractivity contribution in [3.05, 3.63) is 69.7 Å². The highest BCUT2D eigenvalue weighted by Gasteiger charge is 2.21. The lowest BCUT2D eigenvalue weighted by molar-refractivity contribution is 0.102. The lowest BCUT2D eigenvalue weighted by Crippen LogP contribution is -2.30. The third-order valence-electron chi connectivity index (χ3n) is 5.13. The number of thiazole rings is 1. The molecule has 1 aliphatic heterocycles. The van der Waals surface area contributed by atoms with Crippen molar-refractivity contribution in [3.63, 3.8) is 0 Å². The normalized spacial score (nSPS) is 13.5. The first kappa shape index (κ1) is 21.2. The molecule has 1 aliphatic rings. The number of hydrogen-bond acceptors (Lipinski definition) is 6. The van der Waals surface area contributed by atoms with Crippen LogP contribution in [-0.4, -0.2) is 36.6 Å². The lowest BCUT2D eigenvalue weighted by Gasteiger charge is -2.29. The minimum atomic E-state index is -0.909. The smallest absolute Gasteiger partial charge is 0.260 e. The van der Waals surface area contributed by atoms with Crippen LogP contribution >= 0.6 is 11.3 Å². The summed E-state index contributed by atoms with van der Waals surface area (Å²) in [6.45, 7) is 2.23. The largest absolute Gasteiger partial charge is 0.493 e. The van der Waals surface area contributed by atoms with E-state index in [9.17, 15) is 13.6 Å². The Morgan fingerprint density at radius 3 is 2.61 bits per heavy atom. The third-order valence-corrected chi connectivity index (χ3v) is 5.94. The third kappa shape index (κ3) is 4.67. The van der Waals surface area contributed by atoms with E-state index in [1.807, 2.05) is 17.5 Å². The highest BCUT2D eigenvalue weighted by Crippen LogP contribution is 2.33. The number of anilines is 1. The maximum atomic E-state index is 13.8. The molecule has 9 heteroatoms. The van der Waals surface area contributed by atoms with Crippen LogP contribution in [0.15, 0.2) is 35.7 Å². The second-order valence-corrected chi connectivity index (χ2v) is 8.02. The van der Waals surface area contributed by atoms with E-state index in [-0.39, 0.29) is 5.56 Å². The highest BCUT2D eigenvalue weighted by molar-refractivity contribution is 7.14. The predicted octanol–water partition coefficient (Wildman–Crippen LogP) is 4.25. The van der Waals surface area contributed by atoms with Gasteiger partial charge in [0.2, 0.25) is 0 Å². The molecule has 0 spiro atoms. The number of carbonyl (C=O) groups is 1. The minimum absolute atomic E-state index is 0.227. The molecule has 162 valence electrons. The average molecular weight is 445 g/mol. The second kappa shape index (κ2) is 8.99. The Bertz CT molecular complexity index is 1120. The number of ether oxygens (including phenoxy) is 2. The summed E-state index contributed by atoms with van der Waals surface area (Å²) in [6, 6.07) is 6.87. The molecule has 0 aliphatic carbocycles. The summed E-state index contributed by atoms with van der Waals surface area (Å²) in [4.78, 5) is 19.0. The Morgan fingerprint density at radius 2 is 1.90 bits per heavy atom. The molecule has 4 rings (SSSR count). The summed E-state index contributed by atoms with van der Waals surface area (Å²) in [5.74, 6) is -0.869. The summed E-state index contributed by atoms with van der Waals surface area (Å²) < 4.78 is 37.6. The molecule has 3 aromatic rings. The van der Waals surface area contributed by atoms with Crippen molar-refractivity contribution in [1.82, 2.24) is 9.88 Å². The second-order valence-electron chi connectivity index (χ2n) is 7.16. The highest BCUT2D eigenvalue weighted by atomic mass is 32.1. The van der Waals surface area contributed by atoms with E-state index >= 15 is 0 Å². The maximum Gasteiger partial charge on any atom is 0.260 e. The molecule has 0 fully saturated rings. The summed E-state index contributed by atoms with van der Waals surface area (Å²) in [5, 5.41) is 4.81. The fourth-order valence-corrected chi connectivity index (χ4v) is 4.28. The number of amides is 1. The lowest BCUT2D eigenvalue weighted by atomic mass is 9.98. The van der Waals surface area contributed by atoms with Crippen LogP contribution in [0.3, 0.4) is 0 Å². The zero-order valence-electron chi connectivity index (χ0n) is 17.1. The van der Waals surface area contributed by atoms with Gasteiger partial charge in [-0.1, -0.05) is 0 Å². The van der Waals surface area contributed by atoms with Gasteiger partial charge in [0.15, 0.2) is 16.6 Å². The number of nitrogens with one attached hydrogen (secondary N) is 1.